The maximum atomic E-state index is 12.6. The number of ketones is 1. The van der Waals surface area contributed by atoms with Crippen LogP contribution in [-0.4, -0.2) is 46.8 Å². The first-order valence-corrected chi connectivity index (χ1v) is 9.53. The molecule has 0 aliphatic carbocycles. The average Bonchev–Trinajstić information content (AvgIpc) is 3.27. The fourth-order valence-corrected chi connectivity index (χ4v) is 4.40. The van der Waals surface area contributed by atoms with Gasteiger partial charge in [0.15, 0.2) is 5.78 Å². The molecule has 0 spiro atoms. The summed E-state index contributed by atoms with van der Waals surface area (Å²) >= 11 is 1.67. The van der Waals surface area contributed by atoms with E-state index in [2.05, 4.69) is 17.4 Å². The highest BCUT2D eigenvalue weighted by Crippen LogP contribution is 2.25. The Morgan fingerprint density at radius 2 is 2.09 bits per heavy atom. The molecular formula is C18H24N2O2S. The lowest BCUT2D eigenvalue weighted by Gasteiger charge is -2.25. The van der Waals surface area contributed by atoms with Crippen molar-refractivity contribution in [2.24, 2.45) is 0 Å². The van der Waals surface area contributed by atoms with Gasteiger partial charge >= 0.3 is 0 Å². The van der Waals surface area contributed by atoms with E-state index in [0.29, 0.717) is 6.42 Å². The molecule has 4 nitrogen and oxygen atoms in total. The van der Waals surface area contributed by atoms with Crippen LogP contribution in [0.15, 0.2) is 30.3 Å². The largest absolute Gasteiger partial charge is 0.333 e. The van der Waals surface area contributed by atoms with Crippen molar-refractivity contribution >= 4 is 23.5 Å². The quantitative estimate of drug-likeness (QED) is 0.868. The fourth-order valence-electron chi connectivity index (χ4n) is 3.38. The van der Waals surface area contributed by atoms with E-state index >= 15 is 0 Å². The number of carbonyl (C=O) groups is 2. The van der Waals surface area contributed by atoms with Gasteiger partial charge in [0.05, 0.1) is 6.04 Å². The predicted molar refractivity (Wildman–Crippen MR) is 93.4 cm³/mol. The Kier molecular flexibility index (Phi) is 5.73. The first kappa shape index (κ1) is 16.5. The average molecular weight is 332 g/mol. The third-order valence-electron chi connectivity index (χ3n) is 4.58. The summed E-state index contributed by atoms with van der Waals surface area (Å²) < 4.78 is 0. The molecule has 2 fully saturated rings. The number of nitrogens with one attached hydrogen (secondary N) is 1. The van der Waals surface area contributed by atoms with Crippen LogP contribution in [0, 0.1) is 0 Å². The fraction of sp³-hybridized carbons (Fsp3) is 0.556. The van der Waals surface area contributed by atoms with Crippen LogP contribution in [-0.2, 0) is 16.0 Å². The van der Waals surface area contributed by atoms with Crippen molar-refractivity contribution in [1.29, 1.82) is 0 Å². The highest BCUT2D eigenvalue weighted by atomic mass is 32.2. The maximum Gasteiger partial charge on any atom is 0.223 e. The maximum absolute atomic E-state index is 12.6. The van der Waals surface area contributed by atoms with Crippen molar-refractivity contribution in [3.63, 3.8) is 0 Å². The molecule has 2 heterocycles. The van der Waals surface area contributed by atoms with E-state index in [1.54, 1.807) is 11.8 Å². The van der Waals surface area contributed by atoms with Crippen molar-refractivity contribution in [2.45, 2.75) is 43.5 Å². The summed E-state index contributed by atoms with van der Waals surface area (Å²) in [5, 5.41) is 3.12. The van der Waals surface area contributed by atoms with E-state index in [-0.39, 0.29) is 23.1 Å². The monoisotopic (exact) mass is 332 g/mol. The normalized spacial score (nSPS) is 24.1. The zero-order chi connectivity index (χ0) is 16.1. The van der Waals surface area contributed by atoms with Gasteiger partial charge in [-0.1, -0.05) is 30.3 Å². The first-order chi connectivity index (χ1) is 11.3. The van der Waals surface area contributed by atoms with E-state index in [1.165, 1.54) is 5.56 Å². The second kappa shape index (κ2) is 7.97. The van der Waals surface area contributed by atoms with E-state index in [4.69, 9.17) is 0 Å². The van der Waals surface area contributed by atoms with Gasteiger partial charge in [-0.2, -0.15) is 0 Å². The second-order valence-electron chi connectivity index (χ2n) is 6.19. The second-order valence-corrected chi connectivity index (χ2v) is 7.40. The lowest BCUT2D eigenvalue weighted by Crippen LogP contribution is -2.46. The van der Waals surface area contributed by atoms with Gasteiger partial charge in [0.25, 0.3) is 0 Å². The molecular weight excluding hydrogens is 308 g/mol. The number of likely N-dealkylation sites (tertiary alicyclic amines) is 1. The molecule has 23 heavy (non-hydrogen) atoms. The number of nitrogens with zero attached hydrogens (tertiary/aromatic N) is 1. The third kappa shape index (κ3) is 4.15. The van der Waals surface area contributed by atoms with Crippen molar-refractivity contribution in [3.8, 4) is 0 Å². The summed E-state index contributed by atoms with van der Waals surface area (Å²) in [6, 6.07) is 10.0. The molecule has 2 aliphatic rings. The molecule has 0 bridgehead atoms. The minimum atomic E-state index is -0.206. The summed E-state index contributed by atoms with van der Waals surface area (Å²) in [7, 11) is 0. The van der Waals surface area contributed by atoms with Crippen molar-refractivity contribution in [2.75, 3.05) is 18.8 Å². The molecule has 3 rings (SSSR count). The summed E-state index contributed by atoms with van der Waals surface area (Å²) in [5.41, 5.74) is 1.26. The molecule has 0 saturated carbocycles. The van der Waals surface area contributed by atoms with Crippen LogP contribution < -0.4 is 5.32 Å². The molecule has 2 saturated heterocycles. The predicted octanol–water partition coefficient (Wildman–Crippen LogP) is 2.23. The molecule has 0 radical (unpaired) electrons. The molecule has 1 N–H and O–H groups in total. The van der Waals surface area contributed by atoms with Gasteiger partial charge < -0.3 is 4.90 Å². The van der Waals surface area contributed by atoms with Crippen LogP contribution in [0.1, 0.15) is 31.2 Å². The van der Waals surface area contributed by atoms with Crippen molar-refractivity contribution < 1.29 is 9.59 Å². The van der Waals surface area contributed by atoms with E-state index in [0.717, 1.165) is 44.5 Å². The minimum Gasteiger partial charge on any atom is -0.333 e. The highest BCUT2D eigenvalue weighted by molar-refractivity contribution is 8.00. The molecule has 2 aliphatic heterocycles. The zero-order valence-corrected chi connectivity index (χ0v) is 14.2. The number of rotatable bonds is 6. The lowest BCUT2D eigenvalue weighted by atomic mass is 10.1. The van der Waals surface area contributed by atoms with Gasteiger partial charge in [-0.05, 0) is 31.2 Å². The van der Waals surface area contributed by atoms with Crippen LogP contribution in [0.3, 0.4) is 0 Å². The number of hydrogen-bond acceptors (Lipinski definition) is 4. The number of hydrogen-bond donors (Lipinski definition) is 1. The van der Waals surface area contributed by atoms with Crippen molar-refractivity contribution in [3.05, 3.63) is 35.9 Å². The highest BCUT2D eigenvalue weighted by Gasteiger charge is 2.38. The first-order valence-electron chi connectivity index (χ1n) is 8.48. The summed E-state index contributed by atoms with van der Waals surface area (Å²) in [4.78, 5) is 26.9. The van der Waals surface area contributed by atoms with E-state index < -0.39 is 0 Å². The number of aryl methyl sites for hydroxylation is 1. The molecule has 1 unspecified atom stereocenters. The lowest BCUT2D eigenvalue weighted by molar-refractivity contribution is -0.137. The van der Waals surface area contributed by atoms with Crippen LogP contribution in [0.4, 0.5) is 0 Å². The Labute approximate surface area is 142 Å². The van der Waals surface area contributed by atoms with Gasteiger partial charge in [-0.3, -0.25) is 14.9 Å². The number of thioether (sulfide) groups is 1. The molecule has 1 aromatic rings. The Morgan fingerprint density at radius 1 is 1.26 bits per heavy atom. The number of amides is 1. The Balaban J connectivity index is 1.50. The van der Waals surface area contributed by atoms with Gasteiger partial charge in [0, 0.05) is 25.3 Å². The van der Waals surface area contributed by atoms with E-state index in [9.17, 15) is 9.59 Å². The van der Waals surface area contributed by atoms with Crippen LogP contribution >= 0.6 is 11.8 Å². The zero-order valence-electron chi connectivity index (χ0n) is 13.4. The van der Waals surface area contributed by atoms with Gasteiger partial charge in [0.1, 0.15) is 5.37 Å². The third-order valence-corrected chi connectivity index (χ3v) is 5.75. The Morgan fingerprint density at radius 3 is 2.83 bits per heavy atom. The van der Waals surface area contributed by atoms with Gasteiger partial charge in [-0.25, -0.2) is 0 Å². The number of Topliss-reactive ketones (excluding diaryl/α,β-unsaturated/α-hetero) is 1. The molecule has 0 aromatic heterocycles. The minimum absolute atomic E-state index is 0.113. The molecule has 2 atom stereocenters. The van der Waals surface area contributed by atoms with Crippen LogP contribution in [0.25, 0.3) is 0 Å². The standard InChI is InChI=1S/C18H24N2O2S/c21-16(10-4-8-14-6-2-1-3-7-14)20-12-5-9-15(20)17(22)18-19-11-13-23-18/h1-3,6-7,15,18-19H,4-5,8-13H2/t15-,18?/m1/s1. The molecule has 5 heteroatoms. The Bertz CT molecular complexity index is 543. The van der Waals surface area contributed by atoms with Gasteiger partial charge in [-0.15, -0.1) is 11.8 Å². The summed E-state index contributed by atoms with van der Waals surface area (Å²) in [6.07, 6.45) is 4.06. The topological polar surface area (TPSA) is 49.4 Å². The van der Waals surface area contributed by atoms with Gasteiger partial charge in [0.2, 0.25) is 5.91 Å². The summed E-state index contributed by atoms with van der Waals surface area (Å²) in [5.74, 6) is 1.31. The smallest absolute Gasteiger partial charge is 0.223 e. The SMILES string of the molecule is O=C(C1NCCS1)[C@H]1CCCN1C(=O)CCCc1ccccc1. The molecule has 1 aromatic carbocycles. The number of carbonyl (C=O) groups excluding carboxylic acids is 2. The van der Waals surface area contributed by atoms with Crippen LogP contribution in [0.5, 0.6) is 0 Å². The molecule has 124 valence electrons. The van der Waals surface area contributed by atoms with Crippen molar-refractivity contribution in [1.82, 2.24) is 10.2 Å². The summed E-state index contributed by atoms with van der Waals surface area (Å²) in [6.45, 7) is 1.62. The van der Waals surface area contributed by atoms with E-state index in [1.807, 2.05) is 23.1 Å². The number of benzene rings is 1. The molecule has 1 amide bonds. The van der Waals surface area contributed by atoms with Crippen LogP contribution in [0.2, 0.25) is 0 Å². The Hall–Kier alpha value is -1.33.